The van der Waals surface area contributed by atoms with E-state index in [0.29, 0.717) is 5.92 Å². The van der Waals surface area contributed by atoms with Gasteiger partial charge in [0.1, 0.15) is 0 Å². The van der Waals surface area contributed by atoms with Crippen molar-refractivity contribution in [2.45, 2.75) is 38.5 Å². The highest BCUT2D eigenvalue weighted by molar-refractivity contribution is 6.20. The predicted octanol–water partition coefficient (Wildman–Crippen LogP) is 2.40. The Labute approximate surface area is 90.4 Å². The van der Waals surface area contributed by atoms with Crippen LogP contribution in [0.1, 0.15) is 32.4 Å². The molecule has 1 rings (SSSR count). The second-order valence-corrected chi connectivity index (χ2v) is 4.60. The first kappa shape index (κ1) is 11.5. The molecular weight excluding hydrogens is 198 g/mol. The molecule has 80 valence electrons. The van der Waals surface area contributed by atoms with E-state index in [1.54, 1.807) is 4.68 Å². The molecule has 3 nitrogen and oxygen atoms in total. The van der Waals surface area contributed by atoms with E-state index in [2.05, 4.69) is 24.2 Å². The lowest BCUT2D eigenvalue weighted by Gasteiger charge is -2.11. The van der Waals surface area contributed by atoms with Gasteiger partial charge in [-0.2, -0.15) is 0 Å². The maximum atomic E-state index is 6.15. The monoisotopic (exact) mass is 215 g/mol. The standard InChI is InChI=1S/C10H18ClN3/c1-8(2)10(11)6-4-5-9-7-14(3)13-12-9/h7-8,10H,4-6H2,1-3H3. The molecule has 4 heteroatoms. The van der Waals surface area contributed by atoms with Crippen molar-refractivity contribution in [1.82, 2.24) is 15.0 Å². The molecule has 1 heterocycles. The van der Waals surface area contributed by atoms with E-state index in [9.17, 15) is 0 Å². The van der Waals surface area contributed by atoms with Crippen molar-refractivity contribution in [3.8, 4) is 0 Å². The van der Waals surface area contributed by atoms with Gasteiger partial charge >= 0.3 is 0 Å². The number of aromatic nitrogens is 3. The minimum absolute atomic E-state index is 0.284. The van der Waals surface area contributed by atoms with Crippen LogP contribution in [0.2, 0.25) is 0 Å². The highest BCUT2D eigenvalue weighted by Gasteiger charge is 2.09. The van der Waals surface area contributed by atoms with Crippen molar-refractivity contribution in [2.24, 2.45) is 13.0 Å². The molecule has 0 aliphatic heterocycles. The molecule has 0 aliphatic rings. The van der Waals surface area contributed by atoms with Gasteiger partial charge in [-0.3, -0.25) is 4.68 Å². The molecule has 0 fully saturated rings. The van der Waals surface area contributed by atoms with E-state index in [4.69, 9.17) is 11.6 Å². The third kappa shape index (κ3) is 3.66. The molecule has 1 aromatic rings. The van der Waals surface area contributed by atoms with E-state index >= 15 is 0 Å². The highest BCUT2D eigenvalue weighted by atomic mass is 35.5. The summed E-state index contributed by atoms with van der Waals surface area (Å²) < 4.78 is 1.73. The molecule has 0 amide bonds. The highest BCUT2D eigenvalue weighted by Crippen LogP contribution is 2.16. The Morgan fingerprint density at radius 3 is 2.71 bits per heavy atom. The molecule has 0 saturated heterocycles. The first-order chi connectivity index (χ1) is 6.59. The van der Waals surface area contributed by atoms with Crippen LogP contribution in [0.15, 0.2) is 6.20 Å². The Bertz CT molecular complexity index is 270. The zero-order chi connectivity index (χ0) is 10.6. The topological polar surface area (TPSA) is 30.7 Å². The summed E-state index contributed by atoms with van der Waals surface area (Å²) in [7, 11) is 1.88. The summed E-state index contributed by atoms with van der Waals surface area (Å²) >= 11 is 6.15. The molecule has 14 heavy (non-hydrogen) atoms. The fourth-order valence-corrected chi connectivity index (χ4v) is 1.48. The van der Waals surface area contributed by atoms with Crippen molar-refractivity contribution in [3.05, 3.63) is 11.9 Å². The summed E-state index contributed by atoms with van der Waals surface area (Å²) in [5.74, 6) is 0.554. The van der Waals surface area contributed by atoms with Crippen molar-refractivity contribution < 1.29 is 0 Å². The van der Waals surface area contributed by atoms with Crippen molar-refractivity contribution in [1.29, 1.82) is 0 Å². The number of halogens is 1. The number of aryl methyl sites for hydroxylation is 2. The number of hydrogen-bond donors (Lipinski definition) is 0. The smallest absolute Gasteiger partial charge is 0.0827 e. The third-order valence-electron chi connectivity index (χ3n) is 2.29. The first-order valence-electron chi connectivity index (χ1n) is 5.09. The third-order valence-corrected chi connectivity index (χ3v) is 3.01. The summed E-state index contributed by atoms with van der Waals surface area (Å²) in [6.07, 6.45) is 5.07. The van der Waals surface area contributed by atoms with Crippen LogP contribution in [-0.4, -0.2) is 20.4 Å². The maximum absolute atomic E-state index is 6.15. The Morgan fingerprint density at radius 2 is 2.21 bits per heavy atom. The Kier molecular flexibility index (Phi) is 4.39. The lowest BCUT2D eigenvalue weighted by molar-refractivity contribution is 0.545. The summed E-state index contributed by atoms with van der Waals surface area (Å²) in [6.45, 7) is 4.31. The molecule has 0 aliphatic carbocycles. The molecule has 0 aromatic carbocycles. The van der Waals surface area contributed by atoms with Crippen LogP contribution in [-0.2, 0) is 13.5 Å². The second-order valence-electron chi connectivity index (χ2n) is 4.04. The lowest BCUT2D eigenvalue weighted by Crippen LogP contribution is -2.07. The second kappa shape index (κ2) is 5.35. The van der Waals surface area contributed by atoms with Crippen LogP contribution in [0.4, 0.5) is 0 Å². The maximum Gasteiger partial charge on any atom is 0.0827 e. The zero-order valence-corrected chi connectivity index (χ0v) is 9.83. The summed E-state index contributed by atoms with van der Waals surface area (Å²) in [6, 6.07) is 0. The van der Waals surface area contributed by atoms with Gasteiger partial charge in [0.25, 0.3) is 0 Å². The fourth-order valence-electron chi connectivity index (χ4n) is 1.32. The molecule has 0 spiro atoms. The number of alkyl halides is 1. The zero-order valence-electron chi connectivity index (χ0n) is 9.07. The van der Waals surface area contributed by atoms with Crippen LogP contribution >= 0.6 is 11.6 Å². The van der Waals surface area contributed by atoms with Crippen LogP contribution in [0.5, 0.6) is 0 Å². The molecule has 0 saturated carbocycles. The van der Waals surface area contributed by atoms with Gasteiger partial charge in [-0.05, 0) is 25.2 Å². The summed E-state index contributed by atoms with van der Waals surface area (Å²) in [5, 5.41) is 8.19. The molecule has 0 radical (unpaired) electrons. The minimum atomic E-state index is 0.284. The molecule has 0 bridgehead atoms. The molecular formula is C10H18ClN3. The quantitative estimate of drug-likeness (QED) is 0.707. The van der Waals surface area contributed by atoms with Crippen LogP contribution < -0.4 is 0 Å². The van der Waals surface area contributed by atoms with Crippen molar-refractivity contribution >= 4 is 11.6 Å². The predicted molar refractivity (Wildman–Crippen MR) is 58.4 cm³/mol. The normalized spacial score (nSPS) is 13.5. The van der Waals surface area contributed by atoms with Crippen LogP contribution in [0.25, 0.3) is 0 Å². The molecule has 1 aromatic heterocycles. The average Bonchev–Trinajstić information content (AvgIpc) is 2.51. The molecule has 1 unspecified atom stereocenters. The Hall–Kier alpha value is -0.570. The fraction of sp³-hybridized carbons (Fsp3) is 0.800. The van der Waals surface area contributed by atoms with Crippen LogP contribution in [0, 0.1) is 5.92 Å². The number of rotatable bonds is 5. The van der Waals surface area contributed by atoms with Crippen molar-refractivity contribution in [3.63, 3.8) is 0 Å². The van der Waals surface area contributed by atoms with Gasteiger partial charge < -0.3 is 0 Å². The lowest BCUT2D eigenvalue weighted by atomic mass is 10.0. The average molecular weight is 216 g/mol. The number of hydrogen-bond acceptors (Lipinski definition) is 2. The van der Waals surface area contributed by atoms with E-state index < -0.39 is 0 Å². The largest absolute Gasteiger partial charge is 0.255 e. The van der Waals surface area contributed by atoms with E-state index in [1.807, 2.05) is 13.2 Å². The van der Waals surface area contributed by atoms with Gasteiger partial charge in [0, 0.05) is 18.6 Å². The molecule has 0 N–H and O–H groups in total. The summed E-state index contributed by atoms with van der Waals surface area (Å²) in [4.78, 5) is 0. The van der Waals surface area contributed by atoms with Gasteiger partial charge in [-0.25, -0.2) is 0 Å². The van der Waals surface area contributed by atoms with Gasteiger partial charge in [-0.15, -0.1) is 16.7 Å². The van der Waals surface area contributed by atoms with E-state index in [0.717, 1.165) is 25.0 Å². The minimum Gasteiger partial charge on any atom is -0.255 e. The number of nitrogens with zero attached hydrogens (tertiary/aromatic N) is 3. The first-order valence-corrected chi connectivity index (χ1v) is 5.52. The van der Waals surface area contributed by atoms with Gasteiger partial charge in [0.05, 0.1) is 5.69 Å². The summed E-state index contributed by atoms with van der Waals surface area (Å²) in [5.41, 5.74) is 1.06. The van der Waals surface area contributed by atoms with Crippen LogP contribution in [0.3, 0.4) is 0 Å². The Morgan fingerprint density at radius 1 is 1.50 bits per heavy atom. The van der Waals surface area contributed by atoms with E-state index in [1.165, 1.54) is 0 Å². The van der Waals surface area contributed by atoms with Gasteiger partial charge in [0.15, 0.2) is 0 Å². The SMILES string of the molecule is CC(C)C(Cl)CCCc1cn(C)nn1. The Balaban J connectivity index is 2.22. The van der Waals surface area contributed by atoms with Gasteiger partial charge in [0.2, 0.25) is 0 Å². The van der Waals surface area contributed by atoms with E-state index in [-0.39, 0.29) is 5.38 Å². The van der Waals surface area contributed by atoms with Crippen molar-refractivity contribution in [2.75, 3.05) is 0 Å². The van der Waals surface area contributed by atoms with Gasteiger partial charge in [-0.1, -0.05) is 19.1 Å². The molecule has 1 atom stereocenters.